The molecule has 3 heterocycles. The van der Waals surface area contributed by atoms with E-state index in [9.17, 15) is 4.79 Å². The fourth-order valence-electron chi connectivity index (χ4n) is 6.14. The molecule has 1 N–H and O–H groups in total. The molecule has 0 aromatic heterocycles. The van der Waals surface area contributed by atoms with Crippen LogP contribution in [-0.2, 0) is 9.53 Å². The molecule has 0 bridgehead atoms. The number of fused-ring (bicyclic) bond motifs is 1. The summed E-state index contributed by atoms with van der Waals surface area (Å²) in [4.78, 5) is 18.1. The number of amides is 1. The summed E-state index contributed by atoms with van der Waals surface area (Å²) in [6, 6.07) is 12.0. The highest BCUT2D eigenvalue weighted by molar-refractivity contribution is 5.79. The van der Waals surface area contributed by atoms with Crippen LogP contribution in [0.3, 0.4) is 0 Å². The van der Waals surface area contributed by atoms with Crippen LogP contribution >= 0.6 is 0 Å². The normalized spacial score (nSPS) is 32.1. The van der Waals surface area contributed by atoms with Gasteiger partial charge in [0.2, 0.25) is 5.91 Å². The van der Waals surface area contributed by atoms with Gasteiger partial charge in [0.25, 0.3) is 0 Å². The Morgan fingerprint density at radius 2 is 1.67 bits per heavy atom. The molecule has 1 aromatic rings. The van der Waals surface area contributed by atoms with Gasteiger partial charge in [0.05, 0.1) is 12.7 Å². The maximum atomic E-state index is 12.9. The lowest BCUT2D eigenvalue weighted by atomic mass is 9.89. The van der Waals surface area contributed by atoms with Crippen LogP contribution in [0.4, 0.5) is 0 Å². The number of ether oxygens (including phenoxy) is 1. The number of benzene rings is 1. The van der Waals surface area contributed by atoms with E-state index in [1.54, 1.807) is 0 Å². The first-order chi connectivity index (χ1) is 14.8. The van der Waals surface area contributed by atoms with Gasteiger partial charge in [-0.1, -0.05) is 49.6 Å². The van der Waals surface area contributed by atoms with Crippen molar-refractivity contribution >= 4 is 5.91 Å². The predicted octanol–water partition coefficient (Wildman–Crippen LogP) is 3.36. The van der Waals surface area contributed by atoms with Crippen LogP contribution in [0.5, 0.6) is 0 Å². The van der Waals surface area contributed by atoms with Gasteiger partial charge in [-0.25, -0.2) is 0 Å². The molecule has 3 aliphatic heterocycles. The molecule has 0 unspecified atom stereocenters. The quantitative estimate of drug-likeness (QED) is 0.825. The minimum Gasteiger partial charge on any atom is -0.371 e. The Balaban J connectivity index is 1.08. The molecular weight excluding hydrogens is 374 g/mol. The third kappa shape index (κ3) is 4.58. The molecule has 5 heteroatoms. The fourth-order valence-corrected chi connectivity index (χ4v) is 6.14. The maximum absolute atomic E-state index is 12.9. The van der Waals surface area contributed by atoms with Crippen LogP contribution in [0, 0.1) is 5.92 Å². The molecule has 1 aliphatic carbocycles. The van der Waals surface area contributed by atoms with Gasteiger partial charge in [-0.05, 0) is 50.8 Å². The van der Waals surface area contributed by atoms with Gasteiger partial charge in [-0.2, -0.15) is 0 Å². The van der Waals surface area contributed by atoms with Crippen LogP contribution in [0.2, 0.25) is 0 Å². The Morgan fingerprint density at radius 1 is 0.900 bits per heavy atom. The fraction of sp³-hybridized carbons (Fsp3) is 0.720. The van der Waals surface area contributed by atoms with E-state index in [0.29, 0.717) is 11.9 Å². The summed E-state index contributed by atoms with van der Waals surface area (Å²) in [5.74, 6) is 0.499. The zero-order chi connectivity index (χ0) is 20.3. The minimum absolute atomic E-state index is 0.154. The van der Waals surface area contributed by atoms with E-state index in [1.165, 1.54) is 37.7 Å². The first-order valence-corrected chi connectivity index (χ1v) is 12.2. The molecule has 164 valence electrons. The molecule has 1 amide bonds. The van der Waals surface area contributed by atoms with Crippen molar-refractivity contribution in [2.24, 2.45) is 5.92 Å². The number of hydrogen-bond donors (Lipinski definition) is 1. The van der Waals surface area contributed by atoms with E-state index in [0.717, 1.165) is 58.1 Å². The number of piperidine rings is 1. The van der Waals surface area contributed by atoms with E-state index in [-0.39, 0.29) is 18.1 Å². The maximum Gasteiger partial charge on any atom is 0.223 e. The highest BCUT2D eigenvalue weighted by Gasteiger charge is 2.39. The van der Waals surface area contributed by atoms with Gasteiger partial charge in [0.1, 0.15) is 0 Å². The Hall–Kier alpha value is -1.43. The SMILES string of the molecule is O=C(N[C@@H]1C[C@H]2CO[C@@H](c3ccccc3)CN2C1)C1CCN(C2CCCCC2)CC1. The number of likely N-dealkylation sites (tertiary alicyclic amines) is 1. The van der Waals surface area contributed by atoms with Crippen LogP contribution in [-0.4, -0.2) is 66.6 Å². The number of morpholine rings is 1. The van der Waals surface area contributed by atoms with Crippen molar-refractivity contribution in [1.29, 1.82) is 0 Å². The lowest BCUT2D eigenvalue weighted by Crippen LogP contribution is -2.47. The van der Waals surface area contributed by atoms with E-state index >= 15 is 0 Å². The largest absolute Gasteiger partial charge is 0.371 e. The average Bonchev–Trinajstić information content (AvgIpc) is 3.22. The number of carbonyl (C=O) groups is 1. The molecular formula is C25H37N3O2. The molecule has 30 heavy (non-hydrogen) atoms. The van der Waals surface area contributed by atoms with Crippen molar-refractivity contribution in [1.82, 2.24) is 15.1 Å². The third-order valence-corrected chi connectivity index (χ3v) is 7.93. The standard InChI is InChI=1S/C25H37N3O2/c29-25(20-11-13-27(14-12-20)22-9-5-2-6-10-22)26-21-15-23-18-30-24(17-28(23)16-21)19-7-3-1-4-8-19/h1,3-4,7-8,20-24H,2,5-6,9-18H2,(H,26,29)/t21-,23+,24-/m1/s1. The highest BCUT2D eigenvalue weighted by atomic mass is 16.5. The van der Waals surface area contributed by atoms with Crippen LogP contribution in [0.25, 0.3) is 0 Å². The topological polar surface area (TPSA) is 44.8 Å². The van der Waals surface area contributed by atoms with Crippen molar-refractivity contribution in [3.8, 4) is 0 Å². The van der Waals surface area contributed by atoms with Gasteiger partial charge in [-0.3, -0.25) is 9.69 Å². The summed E-state index contributed by atoms with van der Waals surface area (Å²) < 4.78 is 6.16. The Kier molecular flexibility index (Phi) is 6.40. The summed E-state index contributed by atoms with van der Waals surface area (Å²) in [6.45, 7) is 4.88. The molecule has 4 fully saturated rings. The van der Waals surface area contributed by atoms with Crippen LogP contribution in [0.1, 0.15) is 63.0 Å². The predicted molar refractivity (Wildman–Crippen MR) is 118 cm³/mol. The van der Waals surface area contributed by atoms with Gasteiger partial charge in [0, 0.05) is 37.1 Å². The molecule has 1 saturated carbocycles. The molecule has 1 aromatic carbocycles. The van der Waals surface area contributed by atoms with E-state index in [2.05, 4.69) is 45.4 Å². The Morgan fingerprint density at radius 3 is 2.43 bits per heavy atom. The second kappa shape index (κ2) is 9.37. The second-order valence-corrected chi connectivity index (χ2v) is 9.88. The van der Waals surface area contributed by atoms with E-state index in [1.807, 2.05) is 0 Å². The van der Waals surface area contributed by atoms with Gasteiger partial charge in [0.15, 0.2) is 0 Å². The summed E-state index contributed by atoms with van der Waals surface area (Å²) >= 11 is 0. The monoisotopic (exact) mass is 411 g/mol. The molecule has 0 spiro atoms. The molecule has 5 nitrogen and oxygen atoms in total. The summed E-state index contributed by atoms with van der Waals surface area (Å²) in [7, 11) is 0. The van der Waals surface area contributed by atoms with E-state index < -0.39 is 0 Å². The van der Waals surface area contributed by atoms with E-state index in [4.69, 9.17) is 4.74 Å². The molecule has 3 atom stereocenters. The first-order valence-electron chi connectivity index (χ1n) is 12.2. The van der Waals surface area contributed by atoms with Crippen LogP contribution in [0.15, 0.2) is 30.3 Å². The molecule has 5 rings (SSSR count). The minimum atomic E-state index is 0.154. The Labute approximate surface area is 181 Å². The van der Waals surface area contributed by atoms with Crippen LogP contribution < -0.4 is 5.32 Å². The van der Waals surface area contributed by atoms with Gasteiger partial charge in [-0.15, -0.1) is 0 Å². The Bertz CT molecular complexity index is 698. The zero-order valence-corrected chi connectivity index (χ0v) is 18.2. The number of carbonyl (C=O) groups excluding carboxylic acids is 1. The van der Waals surface area contributed by atoms with Crippen molar-refractivity contribution in [3.63, 3.8) is 0 Å². The summed E-state index contributed by atoms with van der Waals surface area (Å²) in [5.41, 5.74) is 1.26. The van der Waals surface area contributed by atoms with Crippen molar-refractivity contribution in [3.05, 3.63) is 35.9 Å². The lowest BCUT2D eigenvalue weighted by Gasteiger charge is -2.39. The van der Waals surface area contributed by atoms with Crippen molar-refractivity contribution in [2.45, 2.75) is 75.6 Å². The lowest BCUT2D eigenvalue weighted by molar-refractivity contribution is -0.127. The van der Waals surface area contributed by atoms with Crippen molar-refractivity contribution < 1.29 is 9.53 Å². The third-order valence-electron chi connectivity index (χ3n) is 7.93. The zero-order valence-electron chi connectivity index (χ0n) is 18.2. The average molecular weight is 412 g/mol. The number of nitrogens with one attached hydrogen (secondary N) is 1. The second-order valence-electron chi connectivity index (χ2n) is 9.88. The molecule has 4 aliphatic rings. The summed E-state index contributed by atoms with van der Waals surface area (Å²) in [6.07, 6.45) is 10.1. The van der Waals surface area contributed by atoms with Crippen molar-refractivity contribution in [2.75, 3.05) is 32.8 Å². The number of nitrogens with zero attached hydrogens (tertiary/aromatic N) is 2. The smallest absolute Gasteiger partial charge is 0.223 e. The molecule has 0 radical (unpaired) electrons. The number of hydrogen-bond acceptors (Lipinski definition) is 4. The first kappa shape index (κ1) is 20.5. The van der Waals surface area contributed by atoms with Gasteiger partial charge < -0.3 is 15.0 Å². The summed E-state index contributed by atoms with van der Waals surface area (Å²) in [5, 5.41) is 3.40. The highest BCUT2D eigenvalue weighted by Crippen LogP contribution is 2.31. The van der Waals surface area contributed by atoms with Gasteiger partial charge >= 0.3 is 0 Å². The number of rotatable bonds is 4. The molecule has 3 saturated heterocycles.